The van der Waals surface area contributed by atoms with Crippen LogP contribution in [0, 0.1) is 6.08 Å². The van der Waals surface area contributed by atoms with Crippen LogP contribution in [0.1, 0.15) is 19.8 Å². The van der Waals surface area contributed by atoms with Crippen molar-refractivity contribution >= 4 is 21.5 Å². The van der Waals surface area contributed by atoms with Gasteiger partial charge >= 0.3 is 21.7 Å². The number of allylic oxidation sites excluding steroid dienone is 4. The van der Waals surface area contributed by atoms with E-state index >= 15 is 0 Å². The summed E-state index contributed by atoms with van der Waals surface area (Å²) in [5.41, 5.74) is 1.43. The normalized spacial score (nSPS) is 11.6. The van der Waals surface area contributed by atoms with Crippen molar-refractivity contribution in [2.75, 3.05) is 0 Å². The molecular weight excluding hydrogens is 359 g/mol. The average Bonchev–Trinajstić information content (AvgIpc) is 3.15. The maximum atomic E-state index is 3.11. The monoisotopic (exact) mass is 376 g/mol. The molecule has 116 valence electrons. The molecule has 0 nitrogen and oxygen atoms in total. The van der Waals surface area contributed by atoms with Crippen LogP contribution in [0.15, 0.2) is 72.3 Å². The van der Waals surface area contributed by atoms with Crippen LogP contribution in [0.3, 0.4) is 0 Å². The van der Waals surface area contributed by atoms with Crippen molar-refractivity contribution in [2.45, 2.75) is 19.8 Å². The Morgan fingerprint density at radius 3 is 1.83 bits per heavy atom. The molecule has 0 radical (unpaired) electrons. The summed E-state index contributed by atoms with van der Waals surface area (Å²) in [6, 6.07) is 19.3. The second-order valence-electron chi connectivity index (χ2n) is 5.00. The summed E-state index contributed by atoms with van der Waals surface area (Å²) in [6.45, 7) is 2.16. The minimum Gasteiger partial charge on any atom is -1.00 e. The molecule has 0 bridgehead atoms. The zero-order valence-electron chi connectivity index (χ0n) is 13.0. The van der Waals surface area contributed by atoms with Gasteiger partial charge in [-0.1, -0.05) is 49.7 Å². The fourth-order valence-corrected chi connectivity index (χ4v) is 2.59. The van der Waals surface area contributed by atoms with Crippen molar-refractivity contribution in [3.8, 4) is 0 Å². The van der Waals surface area contributed by atoms with Gasteiger partial charge in [0.2, 0.25) is 0 Å². The van der Waals surface area contributed by atoms with Crippen LogP contribution in [0.5, 0.6) is 0 Å². The third-order valence-corrected chi connectivity index (χ3v) is 3.70. The van der Waals surface area contributed by atoms with Crippen LogP contribution in [0.25, 0.3) is 21.5 Å². The zero-order chi connectivity index (χ0) is 13.8. The van der Waals surface area contributed by atoms with Crippen LogP contribution in [-0.2, 0) is 21.7 Å². The number of hydrogen-bond donors (Lipinski definition) is 0. The molecule has 4 rings (SSSR count). The number of halogens is 2. The minimum atomic E-state index is 0. The third-order valence-electron chi connectivity index (χ3n) is 3.70. The van der Waals surface area contributed by atoms with Gasteiger partial charge in [-0.05, 0) is 0 Å². The van der Waals surface area contributed by atoms with Crippen LogP contribution >= 0.6 is 0 Å². The molecular formula is C20H18Cl2Ti. The molecule has 0 spiro atoms. The van der Waals surface area contributed by atoms with E-state index in [9.17, 15) is 0 Å². The largest absolute Gasteiger partial charge is 4.00 e. The Morgan fingerprint density at radius 2 is 1.43 bits per heavy atom. The van der Waals surface area contributed by atoms with Gasteiger partial charge in [-0.3, -0.25) is 6.08 Å². The molecule has 0 aliphatic heterocycles. The average molecular weight is 377 g/mol. The van der Waals surface area contributed by atoms with Gasteiger partial charge in [0, 0.05) is 0 Å². The SMILES string of the molecule is CCC1=CC[C-]=C1.[Cl-].[Cl-].[Ti+4].c1ccc2c(c1)[cH-]c1ccccc12. The Balaban J connectivity index is 0.000000426. The van der Waals surface area contributed by atoms with E-state index in [0.29, 0.717) is 0 Å². The maximum absolute atomic E-state index is 3.11. The fourth-order valence-electron chi connectivity index (χ4n) is 2.59. The predicted octanol–water partition coefficient (Wildman–Crippen LogP) is -0.197. The van der Waals surface area contributed by atoms with Crippen molar-refractivity contribution in [3.63, 3.8) is 0 Å². The molecule has 3 aromatic carbocycles. The van der Waals surface area contributed by atoms with Gasteiger partial charge in [0.25, 0.3) is 0 Å². The Hall–Kier alpha value is -0.916. The van der Waals surface area contributed by atoms with E-state index in [2.05, 4.69) is 79.7 Å². The Morgan fingerprint density at radius 1 is 0.913 bits per heavy atom. The summed E-state index contributed by atoms with van der Waals surface area (Å²) in [4.78, 5) is 0. The molecule has 0 atom stereocenters. The summed E-state index contributed by atoms with van der Waals surface area (Å²) in [6.07, 6.45) is 9.57. The van der Waals surface area contributed by atoms with Gasteiger partial charge in [0.05, 0.1) is 0 Å². The van der Waals surface area contributed by atoms with E-state index in [0.717, 1.165) is 12.8 Å². The van der Waals surface area contributed by atoms with Crippen LogP contribution in [0.2, 0.25) is 0 Å². The molecule has 3 aromatic rings. The van der Waals surface area contributed by atoms with Gasteiger partial charge in [0.1, 0.15) is 0 Å². The predicted molar refractivity (Wildman–Crippen MR) is 87.9 cm³/mol. The summed E-state index contributed by atoms with van der Waals surface area (Å²) in [7, 11) is 0. The van der Waals surface area contributed by atoms with E-state index in [1.165, 1.54) is 27.1 Å². The summed E-state index contributed by atoms with van der Waals surface area (Å²) in [5, 5.41) is 5.39. The van der Waals surface area contributed by atoms with Crippen LogP contribution in [-0.4, -0.2) is 0 Å². The Bertz CT molecular complexity index is 734. The molecule has 0 fully saturated rings. The van der Waals surface area contributed by atoms with Gasteiger partial charge in [-0.2, -0.15) is 6.08 Å². The van der Waals surface area contributed by atoms with Crippen molar-refractivity contribution in [1.29, 1.82) is 0 Å². The molecule has 1 aliphatic carbocycles. The molecule has 0 N–H and O–H groups in total. The Kier molecular flexibility index (Phi) is 10.4. The second kappa shape index (κ2) is 10.8. The molecule has 1 aliphatic rings. The molecule has 0 saturated heterocycles. The van der Waals surface area contributed by atoms with Crippen molar-refractivity contribution < 1.29 is 46.5 Å². The van der Waals surface area contributed by atoms with Crippen molar-refractivity contribution in [3.05, 3.63) is 78.4 Å². The topological polar surface area (TPSA) is 0 Å². The standard InChI is InChI=1S/C13H9.C7H9.2ClH.Ti/c1-3-7-12-10(5-1)9-11-6-2-4-8-13(11)12;1-2-7-5-3-4-6-7;;;/h1-9H;5-6H,2-3H2,1H3;2*1H;/q2*-1;;;+4/p-2. The van der Waals surface area contributed by atoms with Gasteiger partial charge in [-0.15, -0.1) is 46.2 Å². The summed E-state index contributed by atoms with van der Waals surface area (Å²) >= 11 is 0. The van der Waals surface area contributed by atoms with E-state index in [1.54, 1.807) is 0 Å². The minimum absolute atomic E-state index is 0. The molecule has 0 aromatic heterocycles. The van der Waals surface area contributed by atoms with Gasteiger partial charge in [0.15, 0.2) is 0 Å². The van der Waals surface area contributed by atoms with Crippen molar-refractivity contribution in [2.24, 2.45) is 0 Å². The first-order chi connectivity index (χ1) is 9.88. The van der Waals surface area contributed by atoms with Crippen LogP contribution < -0.4 is 24.8 Å². The third kappa shape index (κ3) is 5.29. The number of hydrogen-bond acceptors (Lipinski definition) is 0. The van der Waals surface area contributed by atoms with Gasteiger partial charge < -0.3 is 24.8 Å². The quantitative estimate of drug-likeness (QED) is 0.407. The van der Waals surface area contributed by atoms with E-state index in [1.807, 2.05) is 0 Å². The second-order valence-corrected chi connectivity index (χ2v) is 5.00. The fraction of sp³-hybridized carbons (Fsp3) is 0.150. The first-order valence-electron chi connectivity index (χ1n) is 7.17. The molecule has 3 heteroatoms. The molecule has 0 saturated carbocycles. The van der Waals surface area contributed by atoms with E-state index in [-0.39, 0.29) is 46.5 Å². The number of fused-ring (bicyclic) bond motifs is 3. The van der Waals surface area contributed by atoms with Gasteiger partial charge in [-0.25, -0.2) is 11.6 Å². The van der Waals surface area contributed by atoms with Crippen molar-refractivity contribution in [1.82, 2.24) is 0 Å². The first-order valence-corrected chi connectivity index (χ1v) is 7.17. The molecule has 0 heterocycles. The van der Waals surface area contributed by atoms with E-state index in [4.69, 9.17) is 0 Å². The maximum Gasteiger partial charge on any atom is 4.00 e. The first kappa shape index (κ1) is 22.1. The Labute approximate surface area is 165 Å². The summed E-state index contributed by atoms with van der Waals surface area (Å²) < 4.78 is 0. The smallest absolute Gasteiger partial charge is 1.00 e. The molecule has 23 heavy (non-hydrogen) atoms. The summed E-state index contributed by atoms with van der Waals surface area (Å²) in [5.74, 6) is 0. The molecule has 0 amide bonds. The molecule has 0 unspecified atom stereocenters. The number of rotatable bonds is 1. The zero-order valence-corrected chi connectivity index (χ0v) is 16.1. The van der Waals surface area contributed by atoms with Crippen LogP contribution in [0.4, 0.5) is 0 Å². The van der Waals surface area contributed by atoms with E-state index < -0.39 is 0 Å². The number of benzene rings is 2.